The zero-order valence-electron chi connectivity index (χ0n) is 25.1. The summed E-state index contributed by atoms with van der Waals surface area (Å²) in [6.07, 6.45) is 0. The van der Waals surface area contributed by atoms with Crippen LogP contribution in [-0.4, -0.2) is 59.7 Å². The molecular formula is C32H34ClF2N6O2S+. The van der Waals surface area contributed by atoms with E-state index in [1.165, 1.54) is 36.0 Å². The van der Waals surface area contributed by atoms with Crippen LogP contribution >= 0.6 is 23.4 Å². The normalized spacial score (nSPS) is 12.2. The number of anilines is 1. The summed E-state index contributed by atoms with van der Waals surface area (Å²) in [6.45, 7) is 5.25. The molecule has 0 fully saturated rings. The second kappa shape index (κ2) is 12.2. The van der Waals surface area contributed by atoms with E-state index in [0.717, 1.165) is 17.8 Å². The van der Waals surface area contributed by atoms with Gasteiger partial charge in [0, 0.05) is 32.9 Å². The molecule has 0 aliphatic carbocycles. The minimum Gasteiger partial charge on any atom is -0.380 e. The second-order valence-electron chi connectivity index (χ2n) is 12.2. The topological polar surface area (TPSA) is 110 Å². The molecule has 0 spiro atoms. The SMILES string of the molecule is CC(C)(c1ccc2onc(N)c2c1)c1[nH]c(SCc2c(F)cc(C(=O)NCC[N+](C)(C)C)cc2Cl)nc1-c1ccc(F)cc1. The molecule has 2 aromatic heterocycles. The molecule has 12 heteroatoms. The number of carbonyl (C=O) groups excluding carboxylic acids is 1. The van der Waals surface area contributed by atoms with Gasteiger partial charge in [0.2, 0.25) is 0 Å². The lowest BCUT2D eigenvalue weighted by molar-refractivity contribution is -0.869. The predicted octanol–water partition coefficient (Wildman–Crippen LogP) is 6.79. The van der Waals surface area contributed by atoms with Gasteiger partial charge in [-0.25, -0.2) is 13.8 Å². The van der Waals surface area contributed by atoms with Crippen LogP contribution in [0.5, 0.6) is 0 Å². The molecule has 0 atom stereocenters. The Hall–Kier alpha value is -3.93. The van der Waals surface area contributed by atoms with E-state index in [1.54, 1.807) is 12.1 Å². The van der Waals surface area contributed by atoms with Gasteiger partial charge in [-0.3, -0.25) is 4.79 Å². The standard InChI is InChI=1S/C32H33ClF2N6O2S/c1-32(2,20-8-11-26-22(16-20)29(36)40-43-26)28-27(18-6-9-21(34)10-7-18)38-31(39-28)44-17-23-24(33)14-19(15-25(23)35)30(42)37-12-13-41(3,4)5/h6-11,14-16H,12-13,17H2,1-5H3,(H3-,36,37,38,39,40,42)/p+1. The highest BCUT2D eigenvalue weighted by Gasteiger charge is 2.31. The van der Waals surface area contributed by atoms with Crippen LogP contribution in [0, 0.1) is 11.6 Å². The van der Waals surface area contributed by atoms with E-state index in [4.69, 9.17) is 26.8 Å². The number of likely N-dealkylation sites (N-methyl/N-ethyl adjacent to an activating group) is 1. The fourth-order valence-corrected chi connectivity index (χ4v) is 6.06. The average Bonchev–Trinajstić information content (AvgIpc) is 3.56. The van der Waals surface area contributed by atoms with Gasteiger partial charge >= 0.3 is 0 Å². The van der Waals surface area contributed by atoms with Crippen molar-refractivity contribution in [3.8, 4) is 11.3 Å². The summed E-state index contributed by atoms with van der Waals surface area (Å²) in [6, 6.07) is 14.5. The number of hydrogen-bond donors (Lipinski definition) is 3. The Balaban J connectivity index is 1.43. The van der Waals surface area contributed by atoms with Gasteiger partial charge in [-0.05, 0) is 54.1 Å². The first-order valence-corrected chi connectivity index (χ1v) is 15.3. The molecule has 0 aliphatic heterocycles. The van der Waals surface area contributed by atoms with Crippen molar-refractivity contribution in [3.63, 3.8) is 0 Å². The number of imidazole rings is 1. The highest BCUT2D eigenvalue weighted by Crippen LogP contribution is 2.40. The molecule has 8 nitrogen and oxygen atoms in total. The minimum atomic E-state index is -0.614. The molecule has 0 bridgehead atoms. The van der Waals surface area contributed by atoms with Gasteiger partial charge in [-0.1, -0.05) is 48.4 Å². The number of nitrogens with one attached hydrogen (secondary N) is 2. The third-order valence-corrected chi connectivity index (χ3v) is 8.71. The third kappa shape index (κ3) is 6.74. The van der Waals surface area contributed by atoms with Gasteiger partial charge in [-0.15, -0.1) is 0 Å². The smallest absolute Gasteiger partial charge is 0.251 e. The lowest BCUT2D eigenvalue weighted by Gasteiger charge is -2.25. The molecule has 2 heterocycles. The summed E-state index contributed by atoms with van der Waals surface area (Å²) in [4.78, 5) is 20.9. The number of carbonyl (C=O) groups is 1. The van der Waals surface area contributed by atoms with Crippen LogP contribution in [0.1, 0.15) is 41.0 Å². The van der Waals surface area contributed by atoms with Gasteiger partial charge in [0.25, 0.3) is 5.91 Å². The fourth-order valence-electron chi connectivity index (χ4n) is 4.80. The van der Waals surface area contributed by atoms with Gasteiger partial charge in [0.15, 0.2) is 16.6 Å². The quantitative estimate of drug-likeness (QED) is 0.115. The lowest BCUT2D eigenvalue weighted by atomic mass is 9.79. The Morgan fingerprint density at radius 2 is 1.84 bits per heavy atom. The summed E-state index contributed by atoms with van der Waals surface area (Å²) in [5, 5.41) is 8.04. The number of nitrogen functional groups attached to an aromatic ring is 1. The van der Waals surface area contributed by atoms with E-state index in [1.807, 2.05) is 53.2 Å². The number of benzene rings is 3. The van der Waals surface area contributed by atoms with E-state index >= 15 is 4.39 Å². The second-order valence-corrected chi connectivity index (χ2v) is 13.5. The first-order valence-electron chi connectivity index (χ1n) is 13.9. The first-order chi connectivity index (χ1) is 20.7. The molecule has 0 saturated heterocycles. The number of aromatic amines is 1. The molecule has 0 aliphatic rings. The number of amides is 1. The number of nitrogens with zero attached hydrogens (tertiary/aromatic N) is 3. The number of fused-ring (bicyclic) bond motifs is 1. The lowest BCUT2D eigenvalue weighted by Crippen LogP contribution is -2.41. The summed E-state index contributed by atoms with van der Waals surface area (Å²) in [5.41, 5.74) is 9.44. The van der Waals surface area contributed by atoms with Crippen molar-refractivity contribution in [2.75, 3.05) is 40.0 Å². The minimum absolute atomic E-state index is 0.153. The Kier molecular flexibility index (Phi) is 8.75. The molecule has 0 unspecified atom stereocenters. The van der Waals surface area contributed by atoms with Gasteiger partial charge in [0.05, 0.1) is 51.0 Å². The number of halogens is 3. The number of hydrogen-bond acceptors (Lipinski definition) is 6. The largest absolute Gasteiger partial charge is 0.380 e. The molecule has 1 amide bonds. The monoisotopic (exact) mass is 639 g/mol. The molecule has 5 rings (SSSR count). The van der Waals surface area contributed by atoms with E-state index in [-0.39, 0.29) is 33.6 Å². The summed E-state index contributed by atoms with van der Waals surface area (Å²) < 4.78 is 35.0. The summed E-state index contributed by atoms with van der Waals surface area (Å²) in [7, 11) is 6.07. The summed E-state index contributed by atoms with van der Waals surface area (Å²) >= 11 is 7.75. The van der Waals surface area contributed by atoms with Crippen molar-refractivity contribution < 1.29 is 22.6 Å². The van der Waals surface area contributed by atoms with E-state index < -0.39 is 11.2 Å². The van der Waals surface area contributed by atoms with Crippen LogP contribution in [0.3, 0.4) is 0 Å². The van der Waals surface area contributed by atoms with Gasteiger partial charge in [-0.2, -0.15) is 0 Å². The number of rotatable bonds is 10. The molecule has 0 radical (unpaired) electrons. The highest BCUT2D eigenvalue weighted by molar-refractivity contribution is 7.98. The molecular weight excluding hydrogens is 606 g/mol. The highest BCUT2D eigenvalue weighted by atomic mass is 35.5. The van der Waals surface area contributed by atoms with Crippen molar-refractivity contribution in [1.29, 1.82) is 0 Å². The van der Waals surface area contributed by atoms with Crippen molar-refractivity contribution in [2.24, 2.45) is 0 Å². The molecule has 230 valence electrons. The van der Waals surface area contributed by atoms with Crippen molar-refractivity contribution in [2.45, 2.75) is 30.2 Å². The maximum absolute atomic E-state index is 15.2. The predicted molar refractivity (Wildman–Crippen MR) is 171 cm³/mol. The average molecular weight is 640 g/mol. The number of aromatic nitrogens is 3. The number of nitrogens with two attached hydrogens (primary N) is 1. The van der Waals surface area contributed by atoms with Crippen LogP contribution in [0.4, 0.5) is 14.6 Å². The van der Waals surface area contributed by atoms with Crippen molar-refractivity contribution >= 4 is 46.1 Å². The third-order valence-electron chi connectivity index (χ3n) is 7.47. The van der Waals surface area contributed by atoms with Crippen LogP contribution in [0.15, 0.2) is 64.3 Å². The van der Waals surface area contributed by atoms with Crippen LogP contribution in [0.2, 0.25) is 5.02 Å². The Morgan fingerprint density at radius 3 is 2.52 bits per heavy atom. The Bertz CT molecular complexity index is 1810. The maximum Gasteiger partial charge on any atom is 0.251 e. The van der Waals surface area contributed by atoms with Crippen LogP contribution < -0.4 is 11.1 Å². The maximum atomic E-state index is 15.2. The Labute approximate surface area is 263 Å². The molecule has 44 heavy (non-hydrogen) atoms. The molecule has 4 N–H and O–H groups in total. The van der Waals surface area contributed by atoms with Gasteiger partial charge < -0.3 is 25.0 Å². The van der Waals surface area contributed by atoms with Crippen molar-refractivity contribution in [3.05, 3.63) is 93.6 Å². The fraction of sp³-hybridized carbons (Fsp3) is 0.281. The summed E-state index contributed by atoms with van der Waals surface area (Å²) in [5.74, 6) is -0.862. The first kappa shape index (κ1) is 31.5. The zero-order valence-corrected chi connectivity index (χ0v) is 26.7. The van der Waals surface area contributed by atoms with Crippen LogP contribution in [0.25, 0.3) is 22.2 Å². The molecule has 0 saturated carbocycles. The van der Waals surface area contributed by atoms with Gasteiger partial charge in [0.1, 0.15) is 11.6 Å². The zero-order chi connectivity index (χ0) is 31.8. The van der Waals surface area contributed by atoms with E-state index in [2.05, 4.69) is 15.5 Å². The molecule has 3 aromatic carbocycles. The molecule has 5 aromatic rings. The number of H-pyrrole nitrogens is 1. The number of quaternary nitrogens is 1. The van der Waals surface area contributed by atoms with E-state index in [0.29, 0.717) is 44.2 Å². The number of thioether (sulfide) groups is 1. The van der Waals surface area contributed by atoms with Crippen molar-refractivity contribution in [1.82, 2.24) is 20.4 Å². The Morgan fingerprint density at radius 1 is 1.11 bits per heavy atom. The van der Waals surface area contributed by atoms with E-state index in [9.17, 15) is 9.18 Å². The van der Waals surface area contributed by atoms with Crippen LogP contribution in [-0.2, 0) is 11.2 Å².